The van der Waals surface area contributed by atoms with Crippen LogP contribution in [-0.4, -0.2) is 33.4 Å². The van der Waals surface area contributed by atoms with Gasteiger partial charge in [0.25, 0.3) is 11.1 Å². The van der Waals surface area contributed by atoms with Crippen LogP contribution in [0.4, 0.5) is 10.5 Å². The van der Waals surface area contributed by atoms with Crippen molar-refractivity contribution in [2.24, 2.45) is 0 Å². The number of nitrogens with one attached hydrogen (secondary N) is 1. The highest BCUT2D eigenvalue weighted by atomic mass is 32.2. The molecule has 9 heteroatoms. The minimum Gasteiger partial charge on any atom is -0.545 e. The highest BCUT2D eigenvalue weighted by molar-refractivity contribution is 8.15. The SMILES string of the molecule is O=C([O-])c1cccc(CN2C(=O)S[C@@H](Nc3cccc(C(=O)[O-])c3)C2=O)c1. The molecule has 0 bridgehead atoms. The molecule has 8 nitrogen and oxygen atoms in total. The van der Waals surface area contributed by atoms with Gasteiger partial charge in [0.1, 0.15) is 0 Å². The van der Waals surface area contributed by atoms with Gasteiger partial charge in [-0.25, -0.2) is 0 Å². The second-order valence-corrected chi connectivity index (χ2v) is 6.74. The van der Waals surface area contributed by atoms with E-state index in [1.807, 2.05) is 0 Å². The summed E-state index contributed by atoms with van der Waals surface area (Å²) in [7, 11) is 0. The lowest BCUT2D eigenvalue weighted by Crippen LogP contribution is -2.34. The lowest BCUT2D eigenvalue weighted by atomic mass is 10.1. The molecule has 0 aliphatic carbocycles. The maximum absolute atomic E-state index is 12.5. The number of rotatable bonds is 6. The first-order valence-electron chi connectivity index (χ1n) is 7.75. The lowest BCUT2D eigenvalue weighted by molar-refractivity contribution is -0.256. The molecule has 3 rings (SSSR count). The van der Waals surface area contributed by atoms with Crippen LogP contribution in [0.2, 0.25) is 0 Å². The molecule has 138 valence electrons. The molecule has 2 aromatic rings. The largest absolute Gasteiger partial charge is 0.545 e. The summed E-state index contributed by atoms with van der Waals surface area (Å²) in [6.07, 6.45) is 0. The first-order valence-corrected chi connectivity index (χ1v) is 8.63. The fourth-order valence-electron chi connectivity index (χ4n) is 2.55. The molecule has 0 saturated carbocycles. The van der Waals surface area contributed by atoms with Crippen molar-refractivity contribution in [2.45, 2.75) is 11.9 Å². The van der Waals surface area contributed by atoms with Crippen LogP contribution in [0.5, 0.6) is 0 Å². The number of carboxylic acids is 2. The summed E-state index contributed by atoms with van der Waals surface area (Å²) in [5.74, 6) is -3.21. The molecule has 0 aromatic heterocycles. The van der Waals surface area contributed by atoms with Gasteiger partial charge in [0.15, 0.2) is 5.37 Å². The number of thioether (sulfide) groups is 1. The Labute approximate surface area is 157 Å². The van der Waals surface area contributed by atoms with Crippen molar-refractivity contribution in [1.82, 2.24) is 4.90 Å². The number of anilines is 1. The fraction of sp³-hybridized carbons (Fsp3) is 0.111. The van der Waals surface area contributed by atoms with Gasteiger partial charge < -0.3 is 25.1 Å². The van der Waals surface area contributed by atoms with Gasteiger partial charge in [-0.1, -0.05) is 30.3 Å². The maximum Gasteiger partial charge on any atom is 0.291 e. The number of aromatic carboxylic acids is 2. The average Bonchev–Trinajstić information content (AvgIpc) is 2.89. The molecule has 1 saturated heterocycles. The predicted molar refractivity (Wildman–Crippen MR) is 92.5 cm³/mol. The normalized spacial score (nSPS) is 16.4. The third-order valence-electron chi connectivity index (χ3n) is 3.83. The molecular weight excluding hydrogens is 372 g/mol. The molecule has 1 fully saturated rings. The van der Waals surface area contributed by atoms with Crippen molar-refractivity contribution in [3.8, 4) is 0 Å². The van der Waals surface area contributed by atoms with Gasteiger partial charge in [-0.15, -0.1) is 0 Å². The van der Waals surface area contributed by atoms with Crippen LogP contribution in [0.1, 0.15) is 26.3 Å². The van der Waals surface area contributed by atoms with E-state index in [1.54, 1.807) is 12.1 Å². The molecule has 1 heterocycles. The van der Waals surface area contributed by atoms with Gasteiger partial charge in [-0.2, -0.15) is 0 Å². The van der Waals surface area contributed by atoms with Crippen molar-refractivity contribution in [3.63, 3.8) is 0 Å². The number of imide groups is 1. The Balaban J connectivity index is 1.73. The summed E-state index contributed by atoms with van der Waals surface area (Å²) < 4.78 is 0. The molecule has 2 amide bonds. The van der Waals surface area contributed by atoms with Crippen LogP contribution >= 0.6 is 11.8 Å². The highest BCUT2D eigenvalue weighted by Gasteiger charge is 2.39. The second-order valence-electron chi connectivity index (χ2n) is 5.69. The third kappa shape index (κ3) is 4.09. The van der Waals surface area contributed by atoms with E-state index in [9.17, 15) is 29.4 Å². The van der Waals surface area contributed by atoms with Gasteiger partial charge in [-0.3, -0.25) is 14.5 Å². The van der Waals surface area contributed by atoms with E-state index in [-0.39, 0.29) is 17.7 Å². The summed E-state index contributed by atoms with van der Waals surface area (Å²) in [6, 6.07) is 11.5. The number of carboxylic acid groups (broad SMARTS) is 2. The Bertz CT molecular complexity index is 945. The molecule has 2 aromatic carbocycles. The maximum atomic E-state index is 12.5. The minimum atomic E-state index is -1.35. The molecular formula is C18H12N2O6S-2. The lowest BCUT2D eigenvalue weighted by Gasteiger charge is -2.16. The molecule has 0 radical (unpaired) electrons. The van der Waals surface area contributed by atoms with E-state index in [0.717, 1.165) is 16.7 Å². The van der Waals surface area contributed by atoms with E-state index in [0.29, 0.717) is 11.3 Å². The van der Waals surface area contributed by atoms with Crippen LogP contribution in [0.25, 0.3) is 0 Å². The molecule has 1 N–H and O–H groups in total. The summed E-state index contributed by atoms with van der Waals surface area (Å²) in [5.41, 5.74) is 0.723. The molecule has 1 atom stereocenters. The van der Waals surface area contributed by atoms with E-state index in [1.165, 1.54) is 36.4 Å². The zero-order chi connectivity index (χ0) is 19.6. The van der Waals surface area contributed by atoms with Gasteiger partial charge in [0.05, 0.1) is 18.5 Å². The second kappa shape index (κ2) is 7.50. The number of nitrogens with zero attached hydrogens (tertiary/aromatic N) is 1. The van der Waals surface area contributed by atoms with Crippen molar-refractivity contribution in [2.75, 3.05) is 5.32 Å². The van der Waals surface area contributed by atoms with Crippen molar-refractivity contribution in [1.29, 1.82) is 0 Å². The zero-order valence-electron chi connectivity index (χ0n) is 13.7. The van der Waals surface area contributed by atoms with E-state index in [2.05, 4.69) is 5.32 Å². The monoisotopic (exact) mass is 384 g/mol. The minimum absolute atomic E-state index is 0.0481. The summed E-state index contributed by atoms with van der Waals surface area (Å²) in [4.78, 5) is 47.6. The topological polar surface area (TPSA) is 130 Å². The van der Waals surface area contributed by atoms with Gasteiger partial charge in [0, 0.05) is 5.69 Å². The van der Waals surface area contributed by atoms with Crippen molar-refractivity contribution in [3.05, 3.63) is 65.2 Å². The third-order valence-corrected chi connectivity index (χ3v) is 4.81. The summed E-state index contributed by atoms with van der Waals surface area (Å²) in [5, 5.41) is 23.3. The van der Waals surface area contributed by atoms with Crippen LogP contribution in [-0.2, 0) is 11.3 Å². The Morgan fingerprint density at radius 1 is 1.00 bits per heavy atom. The molecule has 27 heavy (non-hydrogen) atoms. The first-order chi connectivity index (χ1) is 12.8. The van der Waals surface area contributed by atoms with Crippen molar-refractivity contribution < 1.29 is 29.4 Å². The number of hydrogen-bond donors (Lipinski definition) is 1. The van der Waals surface area contributed by atoms with Crippen LogP contribution in [0, 0.1) is 0 Å². The average molecular weight is 384 g/mol. The number of benzene rings is 2. The Hall–Kier alpha value is -3.33. The number of carbonyl (C=O) groups excluding carboxylic acids is 4. The standard InChI is InChI=1S/C18H14N2O6S/c21-15-14(19-13-6-2-5-12(8-13)17(24)25)27-18(26)20(15)9-10-3-1-4-11(7-10)16(22)23/h1-8,14,19H,9H2,(H,22,23)(H,24,25)/p-2/t14-/m1/s1. The predicted octanol–water partition coefficient (Wildman–Crippen LogP) is 0.0472. The molecule has 1 aliphatic rings. The smallest absolute Gasteiger partial charge is 0.291 e. The highest BCUT2D eigenvalue weighted by Crippen LogP contribution is 2.29. The number of carbonyl (C=O) groups is 4. The Kier molecular flexibility index (Phi) is 5.13. The Morgan fingerprint density at radius 3 is 2.30 bits per heavy atom. The van der Waals surface area contributed by atoms with Gasteiger partial charge in [0.2, 0.25) is 0 Å². The molecule has 0 spiro atoms. The van der Waals surface area contributed by atoms with E-state index >= 15 is 0 Å². The van der Waals surface area contributed by atoms with E-state index in [4.69, 9.17) is 0 Å². The molecule has 0 unspecified atom stereocenters. The van der Waals surface area contributed by atoms with E-state index < -0.39 is 28.5 Å². The summed E-state index contributed by atoms with van der Waals surface area (Å²) in [6.45, 7) is -0.0803. The summed E-state index contributed by atoms with van der Waals surface area (Å²) >= 11 is 0.755. The van der Waals surface area contributed by atoms with Gasteiger partial charge in [-0.05, 0) is 46.7 Å². The number of hydrogen-bond acceptors (Lipinski definition) is 8. The zero-order valence-corrected chi connectivity index (χ0v) is 14.5. The molecule has 1 aliphatic heterocycles. The fourth-order valence-corrected chi connectivity index (χ4v) is 3.45. The van der Waals surface area contributed by atoms with Crippen molar-refractivity contribution >= 4 is 40.5 Å². The number of amides is 2. The Morgan fingerprint density at radius 2 is 1.63 bits per heavy atom. The van der Waals surface area contributed by atoms with Gasteiger partial charge >= 0.3 is 0 Å². The van der Waals surface area contributed by atoms with Crippen LogP contribution < -0.4 is 15.5 Å². The van der Waals surface area contributed by atoms with Crippen LogP contribution in [0.15, 0.2) is 48.5 Å². The first kappa shape index (κ1) is 18.5. The van der Waals surface area contributed by atoms with Crippen LogP contribution in [0.3, 0.4) is 0 Å². The quantitative estimate of drug-likeness (QED) is 0.739.